The molecule has 0 fully saturated rings. The Balaban J connectivity index is 2.29. The first-order valence-corrected chi connectivity index (χ1v) is 6.85. The molecule has 2 aromatic carbocycles. The SMILES string of the molecule is COCc1c(Br)cccc1NC(=O)c1ccccc1N. The fourth-order valence-electron chi connectivity index (χ4n) is 1.86. The predicted octanol–water partition coefficient (Wildman–Crippen LogP) is 3.43. The maximum Gasteiger partial charge on any atom is 0.257 e. The Kier molecular flexibility index (Phi) is 4.76. The first kappa shape index (κ1) is 14.6. The topological polar surface area (TPSA) is 64.3 Å². The lowest BCUT2D eigenvalue weighted by atomic mass is 10.1. The standard InChI is InChI=1S/C15H15BrN2O2/c1-20-9-11-12(16)6-4-8-14(11)18-15(19)10-5-2-3-7-13(10)17/h2-8H,9,17H2,1H3,(H,18,19). The van der Waals surface area contributed by atoms with E-state index in [2.05, 4.69) is 21.2 Å². The normalized spacial score (nSPS) is 10.3. The molecule has 2 aromatic rings. The summed E-state index contributed by atoms with van der Waals surface area (Å²) in [5, 5.41) is 2.86. The molecule has 2 rings (SSSR count). The van der Waals surface area contributed by atoms with E-state index in [0.29, 0.717) is 23.5 Å². The van der Waals surface area contributed by atoms with Gasteiger partial charge in [-0.25, -0.2) is 0 Å². The van der Waals surface area contributed by atoms with Crippen LogP contribution in [-0.4, -0.2) is 13.0 Å². The van der Waals surface area contributed by atoms with Gasteiger partial charge in [0.05, 0.1) is 12.2 Å². The van der Waals surface area contributed by atoms with E-state index in [0.717, 1.165) is 10.0 Å². The van der Waals surface area contributed by atoms with E-state index in [4.69, 9.17) is 10.5 Å². The highest BCUT2D eigenvalue weighted by molar-refractivity contribution is 9.10. The summed E-state index contributed by atoms with van der Waals surface area (Å²) in [7, 11) is 1.61. The fraction of sp³-hybridized carbons (Fsp3) is 0.133. The van der Waals surface area contributed by atoms with Crippen LogP contribution in [0.1, 0.15) is 15.9 Å². The van der Waals surface area contributed by atoms with Gasteiger partial charge in [0.25, 0.3) is 5.91 Å². The number of amides is 1. The summed E-state index contributed by atoms with van der Waals surface area (Å²) in [6, 6.07) is 12.6. The summed E-state index contributed by atoms with van der Waals surface area (Å²) in [5.74, 6) is -0.237. The highest BCUT2D eigenvalue weighted by atomic mass is 79.9. The summed E-state index contributed by atoms with van der Waals surface area (Å²) < 4.78 is 6.04. The highest BCUT2D eigenvalue weighted by Crippen LogP contribution is 2.26. The van der Waals surface area contributed by atoms with Gasteiger partial charge in [-0.3, -0.25) is 4.79 Å². The van der Waals surface area contributed by atoms with Gasteiger partial charge in [-0.1, -0.05) is 34.1 Å². The van der Waals surface area contributed by atoms with Gasteiger partial charge < -0.3 is 15.8 Å². The van der Waals surface area contributed by atoms with E-state index in [1.165, 1.54) is 0 Å². The predicted molar refractivity (Wildman–Crippen MR) is 83.7 cm³/mol. The molecule has 4 nitrogen and oxygen atoms in total. The molecule has 104 valence electrons. The number of hydrogen-bond donors (Lipinski definition) is 2. The van der Waals surface area contributed by atoms with Crippen molar-refractivity contribution in [3.05, 3.63) is 58.1 Å². The molecule has 0 saturated carbocycles. The lowest BCUT2D eigenvalue weighted by molar-refractivity contribution is 0.102. The molecule has 0 aliphatic rings. The molecule has 0 aliphatic heterocycles. The first-order chi connectivity index (χ1) is 9.63. The van der Waals surface area contributed by atoms with Gasteiger partial charge in [0, 0.05) is 28.5 Å². The van der Waals surface area contributed by atoms with E-state index < -0.39 is 0 Å². The third kappa shape index (κ3) is 3.18. The number of rotatable bonds is 4. The number of anilines is 2. The molecule has 5 heteroatoms. The smallest absolute Gasteiger partial charge is 0.257 e. The molecule has 0 saturated heterocycles. The molecule has 3 N–H and O–H groups in total. The van der Waals surface area contributed by atoms with Crippen molar-refractivity contribution in [2.24, 2.45) is 0 Å². The molecule has 0 heterocycles. The van der Waals surface area contributed by atoms with Crippen LogP contribution in [0.3, 0.4) is 0 Å². The average Bonchev–Trinajstić information content (AvgIpc) is 2.43. The molecule has 0 atom stereocenters. The molecule has 0 radical (unpaired) electrons. The first-order valence-electron chi connectivity index (χ1n) is 6.05. The fourth-order valence-corrected chi connectivity index (χ4v) is 2.34. The third-order valence-electron chi connectivity index (χ3n) is 2.86. The minimum atomic E-state index is -0.237. The van der Waals surface area contributed by atoms with Gasteiger partial charge in [-0.15, -0.1) is 0 Å². The van der Waals surface area contributed by atoms with Crippen LogP contribution < -0.4 is 11.1 Å². The number of carbonyl (C=O) groups excluding carboxylic acids is 1. The number of nitrogens with two attached hydrogens (primary N) is 1. The minimum absolute atomic E-state index is 0.237. The van der Waals surface area contributed by atoms with Crippen LogP contribution in [0.5, 0.6) is 0 Å². The van der Waals surface area contributed by atoms with E-state index in [1.807, 2.05) is 18.2 Å². The molecule has 0 aromatic heterocycles. The van der Waals surface area contributed by atoms with Gasteiger partial charge >= 0.3 is 0 Å². The van der Waals surface area contributed by atoms with Gasteiger partial charge in [0.15, 0.2) is 0 Å². The minimum Gasteiger partial charge on any atom is -0.398 e. The van der Waals surface area contributed by atoms with Crippen LogP contribution >= 0.6 is 15.9 Å². The van der Waals surface area contributed by atoms with Gasteiger partial charge in [-0.05, 0) is 24.3 Å². The monoisotopic (exact) mass is 334 g/mol. The van der Waals surface area contributed by atoms with Crippen molar-refractivity contribution in [1.82, 2.24) is 0 Å². The Morgan fingerprint density at radius 1 is 1.25 bits per heavy atom. The summed E-state index contributed by atoms with van der Waals surface area (Å²) in [6.45, 7) is 0.404. The van der Waals surface area contributed by atoms with E-state index in [1.54, 1.807) is 31.4 Å². The zero-order chi connectivity index (χ0) is 14.5. The van der Waals surface area contributed by atoms with Crippen molar-refractivity contribution in [2.45, 2.75) is 6.61 Å². The number of hydrogen-bond acceptors (Lipinski definition) is 3. The Morgan fingerprint density at radius 3 is 2.70 bits per heavy atom. The number of methoxy groups -OCH3 is 1. The molecule has 1 amide bonds. The van der Waals surface area contributed by atoms with E-state index in [-0.39, 0.29) is 5.91 Å². The summed E-state index contributed by atoms with van der Waals surface area (Å²) >= 11 is 3.45. The Morgan fingerprint density at radius 2 is 2.00 bits per heavy atom. The number of ether oxygens (including phenoxy) is 1. The summed E-state index contributed by atoms with van der Waals surface area (Å²) in [4.78, 5) is 12.3. The quantitative estimate of drug-likeness (QED) is 0.842. The number of benzene rings is 2. The van der Waals surface area contributed by atoms with Crippen LogP contribution in [-0.2, 0) is 11.3 Å². The second-order valence-corrected chi connectivity index (χ2v) is 5.09. The molecule has 0 unspecified atom stereocenters. The molecular formula is C15H15BrN2O2. The van der Waals surface area contributed by atoms with E-state index >= 15 is 0 Å². The second-order valence-electron chi connectivity index (χ2n) is 4.24. The molecule has 0 spiro atoms. The van der Waals surface area contributed by atoms with E-state index in [9.17, 15) is 4.79 Å². The molecule has 0 bridgehead atoms. The number of para-hydroxylation sites is 1. The average molecular weight is 335 g/mol. The Labute approximate surface area is 126 Å². The van der Waals surface area contributed by atoms with Crippen molar-refractivity contribution in [3.8, 4) is 0 Å². The maximum atomic E-state index is 12.3. The third-order valence-corrected chi connectivity index (χ3v) is 3.60. The molecule has 20 heavy (non-hydrogen) atoms. The van der Waals surface area contributed by atoms with Crippen molar-refractivity contribution in [2.75, 3.05) is 18.2 Å². The summed E-state index contributed by atoms with van der Waals surface area (Å²) in [5.41, 5.74) is 8.30. The maximum absolute atomic E-state index is 12.3. The number of halogens is 1. The lowest BCUT2D eigenvalue weighted by Crippen LogP contribution is -2.15. The van der Waals surface area contributed by atoms with Crippen LogP contribution in [0.4, 0.5) is 11.4 Å². The number of nitrogen functional groups attached to an aromatic ring is 1. The lowest BCUT2D eigenvalue weighted by Gasteiger charge is -2.13. The molecule has 0 aliphatic carbocycles. The van der Waals surface area contributed by atoms with Crippen molar-refractivity contribution in [3.63, 3.8) is 0 Å². The zero-order valence-corrected chi connectivity index (χ0v) is 12.6. The van der Waals surface area contributed by atoms with Crippen LogP contribution in [0.15, 0.2) is 46.9 Å². The van der Waals surface area contributed by atoms with Gasteiger partial charge in [-0.2, -0.15) is 0 Å². The summed E-state index contributed by atoms with van der Waals surface area (Å²) in [6.07, 6.45) is 0. The molecular weight excluding hydrogens is 320 g/mol. The van der Waals surface area contributed by atoms with Crippen molar-refractivity contribution < 1.29 is 9.53 Å². The largest absolute Gasteiger partial charge is 0.398 e. The zero-order valence-electron chi connectivity index (χ0n) is 11.0. The van der Waals surface area contributed by atoms with Crippen molar-refractivity contribution >= 4 is 33.2 Å². The Hall–Kier alpha value is -1.85. The Bertz CT molecular complexity index is 629. The van der Waals surface area contributed by atoms with Crippen LogP contribution in [0, 0.1) is 0 Å². The highest BCUT2D eigenvalue weighted by Gasteiger charge is 2.13. The number of carbonyl (C=O) groups is 1. The number of nitrogens with one attached hydrogen (secondary N) is 1. The van der Waals surface area contributed by atoms with Crippen LogP contribution in [0.25, 0.3) is 0 Å². The van der Waals surface area contributed by atoms with Crippen LogP contribution in [0.2, 0.25) is 0 Å². The van der Waals surface area contributed by atoms with Gasteiger partial charge in [0.2, 0.25) is 0 Å². The van der Waals surface area contributed by atoms with Gasteiger partial charge in [0.1, 0.15) is 0 Å². The van der Waals surface area contributed by atoms with Crippen molar-refractivity contribution in [1.29, 1.82) is 0 Å². The second kappa shape index (κ2) is 6.54.